The lowest BCUT2D eigenvalue weighted by Gasteiger charge is -2.05. The van der Waals surface area contributed by atoms with E-state index < -0.39 is 5.97 Å². The van der Waals surface area contributed by atoms with E-state index in [-0.39, 0.29) is 23.9 Å². The van der Waals surface area contributed by atoms with E-state index >= 15 is 0 Å². The van der Waals surface area contributed by atoms with Gasteiger partial charge in [0.05, 0.1) is 17.9 Å². The van der Waals surface area contributed by atoms with Crippen LogP contribution in [0.4, 0.5) is 0 Å². The van der Waals surface area contributed by atoms with Crippen molar-refractivity contribution in [2.24, 2.45) is 0 Å². The van der Waals surface area contributed by atoms with Crippen LogP contribution >= 0.6 is 11.8 Å². The molecule has 0 aliphatic rings. The first-order chi connectivity index (χ1) is 9.13. The molecule has 1 aromatic rings. The Bertz CT molecular complexity index is 433. The van der Waals surface area contributed by atoms with Gasteiger partial charge < -0.3 is 14.6 Å². The first kappa shape index (κ1) is 15.5. The SMILES string of the molecule is CCOCCOC(=O)CSc1cccc(C(=O)O)c1. The van der Waals surface area contributed by atoms with E-state index in [1.165, 1.54) is 23.9 Å². The molecule has 0 atom stereocenters. The summed E-state index contributed by atoms with van der Waals surface area (Å²) in [5, 5.41) is 8.84. The number of carboxylic acids is 1. The van der Waals surface area contributed by atoms with Gasteiger partial charge in [-0.15, -0.1) is 11.8 Å². The molecule has 0 aromatic heterocycles. The third-order valence-corrected chi connectivity index (χ3v) is 3.10. The van der Waals surface area contributed by atoms with Crippen LogP contribution in [0.25, 0.3) is 0 Å². The van der Waals surface area contributed by atoms with E-state index in [2.05, 4.69) is 0 Å². The standard InChI is InChI=1S/C13H16O5S/c1-2-17-6-7-18-12(14)9-19-11-5-3-4-10(8-11)13(15)16/h3-5,8H,2,6-7,9H2,1H3,(H,15,16). The van der Waals surface area contributed by atoms with Crippen molar-refractivity contribution >= 4 is 23.7 Å². The van der Waals surface area contributed by atoms with Gasteiger partial charge in [0.2, 0.25) is 0 Å². The summed E-state index contributed by atoms with van der Waals surface area (Å²) in [7, 11) is 0. The van der Waals surface area contributed by atoms with Gasteiger partial charge in [0.25, 0.3) is 0 Å². The van der Waals surface area contributed by atoms with Crippen molar-refractivity contribution in [3.8, 4) is 0 Å². The van der Waals surface area contributed by atoms with Gasteiger partial charge in [-0.25, -0.2) is 4.79 Å². The Labute approximate surface area is 115 Å². The molecule has 104 valence electrons. The second-order valence-electron chi connectivity index (χ2n) is 3.54. The van der Waals surface area contributed by atoms with Crippen LogP contribution in [0.1, 0.15) is 17.3 Å². The number of aromatic carboxylic acids is 1. The Morgan fingerprint density at radius 3 is 2.79 bits per heavy atom. The summed E-state index contributed by atoms with van der Waals surface area (Å²) in [4.78, 5) is 22.9. The zero-order chi connectivity index (χ0) is 14.1. The van der Waals surface area contributed by atoms with E-state index in [1.807, 2.05) is 6.92 Å². The number of hydrogen-bond donors (Lipinski definition) is 1. The second-order valence-corrected chi connectivity index (χ2v) is 4.59. The molecule has 0 bridgehead atoms. The van der Waals surface area contributed by atoms with E-state index in [4.69, 9.17) is 14.6 Å². The highest BCUT2D eigenvalue weighted by atomic mass is 32.2. The molecule has 19 heavy (non-hydrogen) atoms. The van der Waals surface area contributed by atoms with E-state index in [9.17, 15) is 9.59 Å². The van der Waals surface area contributed by atoms with Gasteiger partial charge in [0, 0.05) is 11.5 Å². The summed E-state index contributed by atoms with van der Waals surface area (Å²) in [6.07, 6.45) is 0. The van der Waals surface area contributed by atoms with Gasteiger partial charge >= 0.3 is 11.9 Å². The van der Waals surface area contributed by atoms with E-state index in [1.54, 1.807) is 12.1 Å². The minimum atomic E-state index is -0.984. The molecule has 0 fully saturated rings. The zero-order valence-corrected chi connectivity index (χ0v) is 11.4. The quantitative estimate of drug-likeness (QED) is 0.447. The highest BCUT2D eigenvalue weighted by molar-refractivity contribution is 8.00. The Kier molecular flexibility index (Phi) is 6.99. The van der Waals surface area contributed by atoms with Gasteiger partial charge in [-0.3, -0.25) is 4.79 Å². The van der Waals surface area contributed by atoms with Crippen LogP contribution in [0.15, 0.2) is 29.2 Å². The maximum Gasteiger partial charge on any atom is 0.335 e. The Morgan fingerprint density at radius 2 is 2.11 bits per heavy atom. The van der Waals surface area contributed by atoms with Gasteiger partial charge in [0.1, 0.15) is 6.61 Å². The van der Waals surface area contributed by atoms with E-state index in [0.29, 0.717) is 13.2 Å². The van der Waals surface area contributed by atoms with Crippen LogP contribution in [0.5, 0.6) is 0 Å². The molecule has 0 radical (unpaired) electrons. The normalized spacial score (nSPS) is 10.2. The van der Waals surface area contributed by atoms with Crippen LogP contribution in [0.2, 0.25) is 0 Å². The molecule has 1 N–H and O–H groups in total. The van der Waals surface area contributed by atoms with Crippen molar-refractivity contribution < 1.29 is 24.2 Å². The molecule has 0 saturated carbocycles. The molecule has 5 nitrogen and oxygen atoms in total. The summed E-state index contributed by atoms with van der Waals surface area (Å²) in [6.45, 7) is 3.09. The molecule has 0 unspecified atom stereocenters. The fourth-order valence-electron chi connectivity index (χ4n) is 1.26. The zero-order valence-electron chi connectivity index (χ0n) is 10.6. The minimum Gasteiger partial charge on any atom is -0.478 e. The number of carbonyl (C=O) groups is 2. The highest BCUT2D eigenvalue weighted by Gasteiger charge is 2.07. The van der Waals surface area contributed by atoms with E-state index in [0.717, 1.165) is 4.90 Å². The van der Waals surface area contributed by atoms with Crippen molar-refractivity contribution in [1.29, 1.82) is 0 Å². The van der Waals surface area contributed by atoms with Crippen LogP contribution in [0.3, 0.4) is 0 Å². The average molecular weight is 284 g/mol. The average Bonchev–Trinajstić information content (AvgIpc) is 2.41. The molecule has 0 heterocycles. The lowest BCUT2D eigenvalue weighted by atomic mass is 10.2. The Balaban J connectivity index is 2.33. The van der Waals surface area contributed by atoms with Gasteiger partial charge in [-0.1, -0.05) is 6.07 Å². The van der Waals surface area contributed by atoms with Gasteiger partial charge in [-0.2, -0.15) is 0 Å². The Morgan fingerprint density at radius 1 is 1.32 bits per heavy atom. The summed E-state index contributed by atoms with van der Waals surface area (Å²) < 4.78 is 9.98. The molecule has 0 amide bonds. The number of benzene rings is 1. The van der Waals surface area contributed by atoms with Crippen molar-refractivity contribution in [3.05, 3.63) is 29.8 Å². The predicted octanol–water partition coefficient (Wildman–Crippen LogP) is 2.06. The van der Waals surface area contributed by atoms with Gasteiger partial charge in [-0.05, 0) is 25.1 Å². The number of carbonyl (C=O) groups excluding carboxylic acids is 1. The Hall–Kier alpha value is -1.53. The second kappa shape index (κ2) is 8.55. The number of ether oxygens (including phenoxy) is 2. The molecule has 6 heteroatoms. The summed E-state index contributed by atoms with van der Waals surface area (Å²) in [5.74, 6) is -1.18. The molecule has 0 saturated heterocycles. The molecule has 0 spiro atoms. The molecular weight excluding hydrogens is 268 g/mol. The molecular formula is C13H16O5S. The number of esters is 1. The summed E-state index contributed by atoms with van der Waals surface area (Å²) >= 11 is 1.25. The van der Waals surface area contributed by atoms with Crippen molar-refractivity contribution in [3.63, 3.8) is 0 Å². The topological polar surface area (TPSA) is 72.8 Å². The van der Waals surface area contributed by atoms with Crippen LogP contribution in [-0.2, 0) is 14.3 Å². The summed E-state index contributed by atoms with van der Waals surface area (Å²) in [5.41, 5.74) is 0.203. The number of rotatable bonds is 8. The number of hydrogen-bond acceptors (Lipinski definition) is 5. The molecule has 0 aliphatic heterocycles. The maximum absolute atomic E-state index is 11.4. The predicted molar refractivity (Wildman–Crippen MR) is 71.6 cm³/mol. The van der Waals surface area contributed by atoms with Crippen LogP contribution in [-0.4, -0.2) is 42.6 Å². The van der Waals surface area contributed by atoms with Gasteiger partial charge in [0.15, 0.2) is 0 Å². The lowest BCUT2D eigenvalue weighted by molar-refractivity contribution is -0.141. The molecule has 0 aliphatic carbocycles. The smallest absolute Gasteiger partial charge is 0.335 e. The third-order valence-electron chi connectivity index (χ3n) is 2.13. The highest BCUT2D eigenvalue weighted by Crippen LogP contribution is 2.19. The van der Waals surface area contributed by atoms with Crippen molar-refractivity contribution in [2.45, 2.75) is 11.8 Å². The van der Waals surface area contributed by atoms with Crippen molar-refractivity contribution in [2.75, 3.05) is 25.6 Å². The monoisotopic (exact) mass is 284 g/mol. The lowest BCUT2D eigenvalue weighted by Crippen LogP contribution is -2.12. The maximum atomic E-state index is 11.4. The fourth-order valence-corrected chi connectivity index (χ4v) is 2.01. The number of thioether (sulfide) groups is 1. The molecule has 1 aromatic carbocycles. The third kappa shape index (κ3) is 6.26. The van der Waals surface area contributed by atoms with Crippen LogP contribution < -0.4 is 0 Å². The number of carboxylic acid groups (broad SMARTS) is 1. The first-order valence-corrected chi connectivity index (χ1v) is 6.81. The van der Waals surface area contributed by atoms with Crippen LogP contribution in [0, 0.1) is 0 Å². The molecule has 1 rings (SSSR count). The van der Waals surface area contributed by atoms with Crippen molar-refractivity contribution in [1.82, 2.24) is 0 Å². The summed E-state index contributed by atoms with van der Waals surface area (Å²) in [6, 6.07) is 6.43. The largest absolute Gasteiger partial charge is 0.478 e. The fraction of sp³-hybridized carbons (Fsp3) is 0.385. The first-order valence-electron chi connectivity index (χ1n) is 5.83. The minimum absolute atomic E-state index is 0.148.